The van der Waals surface area contributed by atoms with Crippen molar-refractivity contribution in [3.63, 3.8) is 0 Å². The van der Waals surface area contributed by atoms with Crippen molar-refractivity contribution in [1.29, 1.82) is 0 Å². The van der Waals surface area contributed by atoms with Gasteiger partial charge in [0.1, 0.15) is 5.75 Å². The highest BCUT2D eigenvalue weighted by atomic mass is 16.5. The van der Waals surface area contributed by atoms with Gasteiger partial charge in [0.2, 0.25) is 5.91 Å². The monoisotopic (exact) mass is 399 g/mol. The first-order chi connectivity index (χ1) is 14.1. The molecule has 0 saturated carbocycles. The molecule has 29 heavy (non-hydrogen) atoms. The van der Waals surface area contributed by atoms with Crippen molar-refractivity contribution in [3.8, 4) is 5.75 Å². The number of hydrogen-bond donors (Lipinski definition) is 3. The van der Waals surface area contributed by atoms with E-state index < -0.39 is 0 Å². The van der Waals surface area contributed by atoms with E-state index in [1.165, 1.54) is 0 Å². The number of benzene rings is 2. The molecule has 2 aromatic rings. The molecule has 0 aliphatic carbocycles. The first-order valence-electron chi connectivity index (χ1n) is 9.76. The SMILES string of the molecule is CCCCOc1ccccc1NC(=O)CNc1ccc(C(=O)NCCOC)cc1. The van der Waals surface area contributed by atoms with E-state index in [0.717, 1.165) is 18.5 Å². The van der Waals surface area contributed by atoms with Crippen molar-refractivity contribution in [2.45, 2.75) is 19.8 Å². The van der Waals surface area contributed by atoms with E-state index in [2.05, 4.69) is 22.9 Å². The maximum atomic E-state index is 12.3. The van der Waals surface area contributed by atoms with Gasteiger partial charge in [-0.05, 0) is 42.8 Å². The number of carbonyl (C=O) groups is 2. The maximum absolute atomic E-state index is 12.3. The lowest BCUT2D eigenvalue weighted by Gasteiger charge is -2.13. The van der Waals surface area contributed by atoms with Gasteiger partial charge in [-0.1, -0.05) is 25.5 Å². The second-order valence-corrected chi connectivity index (χ2v) is 6.43. The van der Waals surface area contributed by atoms with E-state index in [0.29, 0.717) is 36.8 Å². The number of rotatable bonds is 12. The molecule has 0 spiro atoms. The molecule has 2 aromatic carbocycles. The van der Waals surface area contributed by atoms with Crippen LogP contribution in [0.3, 0.4) is 0 Å². The molecule has 0 aliphatic heterocycles. The van der Waals surface area contributed by atoms with Crippen LogP contribution in [-0.2, 0) is 9.53 Å². The molecule has 0 atom stereocenters. The average molecular weight is 399 g/mol. The fourth-order valence-electron chi connectivity index (χ4n) is 2.51. The highest BCUT2D eigenvalue weighted by Crippen LogP contribution is 2.24. The van der Waals surface area contributed by atoms with Crippen molar-refractivity contribution >= 4 is 23.2 Å². The summed E-state index contributed by atoms with van der Waals surface area (Å²) in [6.45, 7) is 3.74. The largest absolute Gasteiger partial charge is 0.491 e. The number of carbonyl (C=O) groups excluding carboxylic acids is 2. The van der Waals surface area contributed by atoms with Crippen LogP contribution in [0.2, 0.25) is 0 Å². The lowest BCUT2D eigenvalue weighted by atomic mass is 10.2. The van der Waals surface area contributed by atoms with Gasteiger partial charge in [-0.25, -0.2) is 0 Å². The van der Waals surface area contributed by atoms with E-state index in [9.17, 15) is 9.59 Å². The number of ether oxygens (including phenoxy) is 2. The van der Waals surface area contributed by atoms with Crippen molar-refractivity contribution < 1.29 is 19.1 Å². The standard InChI is InChI=1S/C22H29N3O4/c1-3-4-14-29-20-8-6-5-7-19(20)25-21(26)16-24-18-11-9-17(10-12-18)22(27)23-13-15-28-2/h5-12,24H,3-4,13-16H2,1-2H3,(H,23,27)(H,25,26). The van der Waals surface area contributed by atoms with Crippen molar-refractivity contribution in [1.82, 2.24) is 5.32 Å². The first kappa shape index (κ1) is 22.2. The summed E-state index contributed by atoms with van der Waals surface area (Å²) in [5.41, 5.74) is 1.95. The summed E-state index contributed by atoms with van der Waals surface area (Å²) in [6.07, 6.45) is 2.01. The molecule has 156 valence electrons. The third kappa shape index (κ3) is 7.83. The number of unbranched alkanes of at least 4 members (excludes halogenated alkanes) is 1. The molecule has 0 aromatic heterocycles. The molecular formula is C22H29N3O4. The van der Waals surface area contributed by atoms with Gasteiger partial charge in [0.25, 0.3) is 5.91 Å². The Morgan fingerprint density at radius 1 is 1.00 bits per heavy atom. The van der Waals surface area contributed by atoms with Crippen LogP contribution in [0.15, 0.2) is 48.5 Å². The second-order valence-electron chi connectivity index (χ2n) is 6.43. The van der Waals surface area contributed by atoms with Gasteiger partial charge >= 0.3 is 0 Å². The summed E-state index contributed by atoms with van der Waals surface area (Å²) in [6, 6.07) is 14.3. The summed E-state index contributed by atoms with van der Waals surface area (Å²) >= 11 is 0. The van der Waals surface area contributed by atoms with Gasteiger partial charge in [0.15, 0.2) is 0 Å². The lowest BCUT2D eigenvalue weighted by Crippen LogP contribution is -2.26. The maximum Gasteiger partial charge on any atom is 0.251 e. The topological polar surface area (TPSA) is 88.7 Å². The molecule has 0 unspecified atom stereocenters. The quantitative estimate of drug-likeness (QED) is 0.477. The van der Waals surface area contributed by atoms with Gasteiger partial charge in [0.05, 0.1) is 25.4 Å². The molecule has 0 bridgehead atoms. The molecule has 7 heteroatoms. The Labute approximate surface area is 171 Å². The van der Waals surface area contributed by atoms with Crippen LogP contribution in [0.4, 0.5) is 11.4 Å². The fourth-order valence-corrected chi connectivity index (χ4v) is 2.51. The molecule has 0 radical (unpaired) electrons. The van der Waals surface area contributed by atoms with Crippen LogP contribution < -0.4 is 20.7 Å². The smallest absolute Gasteiger partial charge is 0.251 e. The van der Waals surface area contributed by atoms with Crippen LogP contribution in [0, 0.1) is 0 Å². The van der Waals surface area contributed by atoms with Gasteiger partial charge in [-0.2, -0.15) is 0 Å². The number of anilines is 2. The molecule has 2 amide bonds. The van der Waals surface area contributed by atoms with Crippen LogP contribution in [-0.4, -0.2) is 45.2 Å². The van der Waals surface area contributed by atoms with E-state index in [1.807, 2.05) is 24.3 Å². The summed E-state index contributed by atoms with van der Waals surface area (Å²) in [5.74, 6) is 0.321. The summed E-state index contributed by atoms with van der Waals surface area (Å²) < 4.78 is 10.6. The van der Waals surface area contributed by atoms with E-state index in [4.69, 9.17) is 9.47 Å². The summed E-state index contributed by atoms with van der Waals surface area (Å²) in [5, 5.41) is 8.67. The third-order valence-corrected chi connectivity index (χ3v) is 4.11. The van der Waals surface area contributed by atoms with Gasteiger partial charge in [-0.3, -0.25) is 9.59 Å². The van der Waals surface area contributed by atoms with Crippen LogP contribution >= 0.6 is 0 Å². The average Bonchev–Trinajstić information content (AvgIpc) is 2.74. The zero-order valence-corrected chi connectivity index (χ0v) is 17.0. The number of hydrogen-bond acceptors (Lipinski definition) is 5. The number of nitrogens with one attached hydrogen (secondary N) is 3. The molecule has 0 aliphatic rings. The highest BCUT2D eigenvalue weighted by Gasteiger charge is 2.08. The zero-order chi connectivity index (χ0) is 20.9. The predicted octanol–water partition coefficient (Wildman–Crippen LogP) is 3.29. The molecule has 2 rings (SSSR count). The number of amides is 2. The minimum Gasteiger partial charge on any atom is -0.491 e. The third-order valence-electron chi connectivity index (χ3n) is 4.11. The molecule has 7 nitrogen and oxygen atoms in total. The van der Waals surface area contributed by atoms with E-state index >= 15 is 0 Å². The predicted molar refractivity (Wildman–Crippen MR) is 115 cm³/mol. The second kappa shape index (κ2) is 12.4. The van der Waals surface area contributed by atoms with Gasteiger partial charge in [0, 0.05) is 24.9 Å². The van der Waals surface area contributed by atoms with Crippen molar-refractivity contribution in [3.05, 3.63) is 54.1 Å². The molecule has 0 saturated heterocycles. The van der Waals surface area contributed by atoms with Crippen molar-refractivity contribution in [2.24, 2.45) is 0 Å². The van der Waals surface area contributed by atoms with E-state index in [-0.39, 0.29) is 18.4 Å². The summed E-state index contributed by atoms with van der Waals surface area (Å²) in [7, 11) is 1.58. The Morgan fingerprint density at radius 2 is 1.76 bits per heavy atom. The summed E-state index contributed by atoms with van der Waals surface area (Å²) in [4.78, 5) is 24.2. The molecule has 3 N–H and O–H groups in total. The highest BCUT2D eigenvalue weighted by molar-refractivity contribution is 5.96. The molecule has 0 fully saturated rings. The molecular weight excluding hydrogens is 370 g/mol. The first-order valence-corrected chi connectivity index (χ1v) is 9.76. The van der Waals surface area contributed by atoms with Crippen LogP contribution in [0.1, 0.15) is 30.1 Å². The Balaban J connectivity index is 1.83. The number of para-hydroxylation sites is 2. The minimum atomic E-state index is -0.182. The van der Waals surface area contributed by atoms with Gasteiger partial charge < -0.3 is 25.4 Å². The van der Waals surface area contributed by atoms with Gasteiger partial charge in [-0.15, -0.1) is 0 Å². The van der Waals surface area contributed by atoms with Crippen LogP contribution in [0.5, 0.6) is 5.75 Å². The fraction of sp³-hybridized carbons (Fsp3) is 0.364. The van der Waals surface area contributed by atoms with Crippen molar-refractivity contribution in [2.75, 3.05) is 44.0 Å². The Hall–Kier alpha value is -3.06. The molecule has 0 heterocycles. The number of methoxy groups -OCH3 is 1. The Morgan fingerprint density at radius 3 is 2.48 bits per heavy atom. The zero-order valence-electron chi connectivity index (χ0n) is 17.0. The minimum absolute atomic E-state index is 0.0999. The Kier molecular flexibility index (Phi) is 9.51. The van der Waals surface area contributed by atoms with E-state index in [1.54, 1.807) is 31.4 Å². The lowest BCUT2D eigenvalue weighted by molar-refractivity contribution is -0.114. The van der Waals surface area contributed by atoms with Crippen LogP contribution in [0.25, 0.3) is 0 Å². The normalized spacial score (nSPS) is 10.3. The Bertz CT molecular complexity index is 778.